The molecule has 1 aliphatic heterocycles. The fourth-order valence-corrected chi connectivity index (χ4v) is 4.92. The van der Waals surface area contributed by atoms with E-state index >= 15 is 0 Å². The minimum Gasteiger partial charge on any atom is -0.372 e. The summed E-state index contributed by atoms with van der Waals surface area (Å²) in [7, 11) is 2.07. The number of carbonyl (C=O) groups is 1. The summed E-state index contributed by atoms with van der Waals surface area (Å²) in [6.07, 6.45) is 3.60. The molecular weight excluding hydrogens is 310 g/mol. The van der Waals surface area contributed by atoms with Gasteiger partial charge in [0.25, 0.3) is 0 Å². The predicted octanol–water partition coefficient (Wildman–Crippen LogP) is 2.40. The lowest BCUT2D eigenvalue weighted by atomic mass is 9.97. The van der Waals surface area contributed by atoms with E-state index in [0.29, 0.717) is 25.7 Å². The minimum atomic E-state index is 0.124. The zero-order chi connectivity index (χ0) is 16.6. The van der Waals surface area contributed by atoms with Crippen molar-refractivity contribution in [1.82, 2.24) is 14.8 Å². The van der Waals surface area contributed by atoms with Gasteiger partial charge in [0.15, 0.2) is 0 Å². The molecule has 0 saturated carbocycles. The lowest BCUT2D eigenvalue weighted by Gasteiger charge is -2.37. The molecule has 1 aromatic rings. The number of fused-ring (bicyclic) bond motifs is 1. The SMILES string of the molecule is Cc1nc2c(s1)[C@H](N(C)CC(=O)N1C[C@H](C)O[C@@H](C)C1)CCC2. The van der Waals surface area contributed by atoms with Crippen LogP contribution in [0, 0.1) is 6.92 Å². The summed E-state index contributed by atoms with van der Waals surface area (Å²) >= 11 is 1.79. The zero-order valence-corrected chi connectivity index (χ0v) is 15.4. The van der Waals surface area contributed by atoms with Crippen LogP contribution in [0.4, 0.5) is 0 Å². The van der Waals surface area contributed by atoms with E-state index in [1.807, 2.05) is 18.7 Å². The van der Waals surface area contributed by atoms with Crippen LogP contribution >= 0.6 is 11.3 Å². The van der Waals surface area contributed by atoms with Crippen LogP contribution in [0.1, 0.15) is 48.3 Å². The molecule has 6 heteroatoms. The van der Waals surface area contributed by atoms with Crippen LogP contribution in [0.25, 0.3) is 0 Å². The van der Waals surface area contributed by atoms with Gasteiger partial charge in [-0.1, -0.05) is 0 Å². The Kier molecular flexibility index (Phi) is 5.04. The van der Waals surface area contributed by atoms with Gasteiger partial charge in [-0.25, -0.2) is 4.98 Å². The van der Waals surface area contributed by atoms with Crippen molar-refractivity contribution in [3.05, 3.63) is 15.6 Å². The highest BCUT2D eigenvalue weighted by atomic mass is 32.1. The van der Waals surface area contributed by atoms with Gasteiger partial charge in [-0.2, -0.15) is 0 Å². The highest BCUT2D eigenvalue weighted by Gasteiger charge is 2.31. The number of nitrogens with zero attached hydrogens (tertiary/aromatic N) is 3. The average Bonchev–Trinajstić information content (AvgIpc) is 2.85. The fraction of sp³-hybridized carbons (Fsp3) is 0.765. The number of hydrogen-bond acceptors (Lipinski definition) is 5. The molecule has 0 aromatic carbocycles. The molecule has 1 fully saturated rings. The summed E-state index contributed by atoms with van der Waals surface area (Å²) in [6, 6.07) is 0.338. The first-order chi connectivity index (χ1) is 10.9. The molecule has 0 radical (unpaired) electrons. The number of morpholine rings is 1. The Morgan fingerprint density at radius 2 is 2.09 bits per heavy atom. The van der Waals surface area contributed by atoms with Gasteiger partial charge in [0.2, 0.25) is 5.91 Å². The third-order valence-electron chi connectivity index (χ3n) is 4.72. The molecule has 2 heterocycles. The molecule has 0 bridgehead atoms. The Balaban J connectivity index is 1.65. The normalized spacial score (nSPS) is 28.0. The summed E-state index contributed by atoms with van der Waals surface area (Å²) < 4.78 is 5.72. The molecular formula is C17H27N3O2S. The number of amides is 1. The van der Waals surface area contributed by atoms with E-state index in [9.17, 15) is 4.79 Å². The summed E-state index contributed by atoms with van der Waals surface area (Å²) in [5.41, 5.74) is 1.25. The number of aryl methyl sites for hydroxylation is 2. The fourth-order valence-electron chi connectivity index (χ4n) is 3.75. The predicted molar refractivity (Wildman–Crippen MR) is 91.7 cm³/mol. The summed E-state index contributed by atoms with van der Waals surface area (Å²) in [4.78, 5) is 22.9. The molecule has 0 unspecified atom stereocenters. The Bertz CT molecular complexity index is 564. The van der Waals surface area contributed by atoms with E-state index < -0.39 is 0 Å². The third kappa shape index (κ3) is 3.75. The van der Waals surface area contributed by atoms with Crippen LogP contribution in [-0.4, -0.2) is 59.6 Å². The number of aromatic nitrogens is 1. The van der Waals surface area contributed by atoms with Crippen LogP contribution < -0.4 is 0 Å². The van der Waals surface area contributed by atoms with Crippen molar-refractivity contribution >= 4 is 17.2 Å². The average molecular weight is 337 g/mol. The molecule has 0 N–H and O–H groups in total. The minimum absolute atomic E-state index is 0.124. The zero-order valence-electron chi connectivity index (χ0n) is 14.5. The molecule has 1 saturated heterocycles. The molecule has 0 spiro atoms. The van der Waals surface area contributed by atoms with Crippen molar-refractivity contribution in [2.24, 2.45) is 0 Å². The van der Waals surface area contributed by atoms with Gasteiger partial charge in [-0.05, 0) is 47.1 Å². The first-order valence-corrected chi connectivity index (χ1v) is 9.35. The highest BCUT2D eigenvalue weighted by molar-refractivity contribution is 7.11. The maximum absolute atomic E-state index is 12.7. The number of hydrogen-bond donors (Lipinski definition) is 0. The van der Waals surface area contributed by atoms with E-state index in [2.05, 4.69) is 23.9 Å². The smallest absolute Gasteiger partial charge is 0.236 e. The van der Waals surface area contributed by atoms with Crippen molar-refractivity contribution in [3.8, 4) is 0 Å². The monoisotopic (exact) mass is 337 g/mol. The molecule has 1 aliphatic carbocycles. The topological polar surface area (TPSA) is 45.7 Å². The first-order valence-electron chi connectivity index (χ1n) is 8.53. The Labute approximate surface area is 142 Å². The van der Waals surface area contributed by atoms with Gasteiger partial charge < -0.3 is 9.64 Å². The van der Waals surface area contributed by atoms with E-state index in [1.165, 1.54) is 10.6 Å². The first kappa shape index (κ1) is 16.9. The van der Waals surface area contributed by atoms with Crippen LogP contribution in [0.5, 0.6) is 0 Å². The van der Waals surface area contributed by atoms with E-state index in [1.54, 1.807) is 11.3 Å². The molecule has 23 heavy (non-hydrogen) atoms. The maximum Gasteiger partial charge on any atom is 0.236 e. The number of thiazole rings is 1. The molecule has 1 amide bonds. The summed E-state index contributed by atoms with van der Waals surface area (Å²) in [6.45, 7) is 8.02. The lowest BCUT2D eigenvalue weighted by Crippen LogP contribution is -2.51. The number of likely N-dealkylation sites (N-methyl/N-ethyl adjacent to an activating group) is 1. The lowest BCUT2D eigenvalue weighted by molar-refractivity contribution is -0.144. The van der Waals surface area contributed by atoms with Gasteiger partial charge in [-0.15, -0.1) is 11.3 Å². The molecule has 5 nitrogen and oxygen atoms in total. The quantitative estimate of drug-likeness (QED) is 0.850. The van der Waals surface area contributed by atoms with Crippen molar-refractivity contribution in [3.63, 3.8) is 0 Å². The van der Waals surface area contributed by atoms with Crippen molar-refractivity contribution in [1.29, 1.82) is 0 Å². The molecule has 1 aromatic heterocycles. The summed E-state index contributed by atoms with van der Waals surface area (Å²) in [5, 5.41) is 1.14. The number of ether oxygens (including phenoxy) is 1. The third-order valence-corrected chi connectivity index (χ3v) is 5.83. The second-order valence-corrected chi connectivity index (χ2v) is 8.16. The Hall–Kier alpha value is -0.980. The van der Waals surface area contributed by atoms with Gasteiger partial charge in [0, 0.05) is 24.0 Å². The van der Waals surface area contributed by atoms with Crippen LogP contribution in [-0.2, 0) is 16.0 Å². The van der Waals surface area contributed by atoms with Crippen molar-refractivity contribution in [2.45, 2.75) is 58.3 Å². The van der Waals surface area contributed by atoms with E-state index in [-0.39, 0.29) is 18.1 Å². The molecule has 128 valence electrons. The van der Waals surface area contributed by atoms with Crippen LogP contribution in [0.2, 0.25) is 0 Å². The number of rotatable bonds is 3. The number of carbonyl (C=O) groups excluding carboxylic acids is 1. The molecule has 3 atom stereocenters. The van der Waals surface area contributed by atoms with Gasteiger partial charge in [0.05, 0.1) is 29.5 Å². The van der Waals surface area contributed by atoms with Crippen LogP contribution in [0.15, 0.2) is 0 Å². The van der Waals surface area contributed by atoms with Crippen molar-refractivity contribution < 1.29 is 9.53 Å². The second-order valence-electron chi connectivity index (χ2n) is 6.92. The second kappa shape index (κ2) is 6.87. The Morgan fingerprint density at radius 1 is 1.39 bits per heavy atom. The highest BCUT2D eigenvalue weighted by Crippen LogP contribution is 2.37. The van der Waals surface area contributed by atoms with Crippen molar-refractivity contribution in [2.75, 3.05) is 26.7 Å². The van der Waals surface area contributed by atoms with E-state index in [4.69, 9.17) is 4.74 Å². The van der Waals surface area contributed by atoms with Crippen LogP contribution in [0.3, 0.4) is 0 Å². The standard InChI is InChI=1S/C17H27N3O2S/c1-11-8-20(9-12(2)22-11)16(21)10-19(4)15-7-5-6-14-17(15)23-13(3)18-14/h11-12,15H,5-10H2,1-4H3/t11-,12-,15+/m0/s1. The van der Waals surface area contributed by atoms with Gasteiger partial charge in [-0.3, -0.25) is 9.69 Å². The largest absolute Gasteiger partial charge is 0.372 e. The molecule has 2 aliphatic rings. The Morgan fingerprint density at radius 3 is 2.78 bits per heavy atom. The summed E-state index contributed by atoms with van der Waals surface area (Å²) in [5.74, 6) is 0.211. The van der Waals surface area contributed by atoms with Gasteiger partial charge >= 0.3 is 0 Å². The van der Waals surface area contributed by atoms with Gasteiger partial charge in [0.1, 0.15) is 0 Å². The molecule has 3 rings (SSSR count). The van der Waals surface area contributed by atoms with E-state index in [0.717, 1.165) is 24.3 Å². The maximum atomic E-state index is 12.7.